The van der Waals surface area contributed by atoms with E-state index in [9.17, 15) is 18.3 Å². The lowest BCUT2D eigenvalue weighted by Crippen LogP contribution is -2.47. The smallest absolute Gasteiger partial charge is 0.422 e. The first-order valence-electron chi connectivity index (χ1n) is 6.87. The summed E-state index contributed by atoms with van der Waals surface area (Å²) in [6, 6.07) is 0. The molecule has 0 atom stereocenters. The van der Waals surface area contributed by atoms with Gasteiger partial charge in [-0.25, -0.2) is 9.52 Å². The van der Waals surface area contributed by atoms with Gasteiger partial charge in [0.25, 0.3) is 0 Å². The molecule has 1 rings (SSSR count). The van der Waals surface area contributed by atoms with Crippen molar-refractivity contribution in [2.75, 3.05) is 13.2 Å². The van der Waals surface area contributed by atoms with E-state index in [0.29, 0.717) is 0 Å². The highest BCUT2D eigenvalue weighted by atomic mass is 32.2. The Morgan fingerprint density at radius 2 is 1.90 bits per heavy atom. The molecular weight excluding hydrogens is 284 g/mol. The molecular formula is C12H24N2O5S. The molecule has 20 heavy (non-hydrogen) atoms. The Bertz CT molecular complexity index is 416. The van der Waals surface area contributed by atoms with Gasteiger partial charge in [0, 0.05) is 18.6 Å². The van der Waals surface area contributed by atoms with Crippen molar-refractivity contribution in [3.05, 3.63) is 0 Å². The number of rotatable bonds is 6. The molecule has 1 amide bonds. The second-order valence-corrected chi connectivity index (χ2v) is 7.10. The van der Waals surface area contributed by atoms with Crippen molar-refractivity contribution >= 4 is 16.3 Å². The van der Waals surface area contributed by atoms with E-state index in [1.165, 1.54) is 0 Å². The summed E-state index contributed by atoms with van der Waals surface area (Å²) >= 11 is 0. The summed E-state index contributed by atoms with van der Waals surface area (Å²) in [5.41, 5.74) is -0.422. The van der Waals surface area contributed by atoms with E-state index < -0.39 is 27.8 Å². The summed E-state index contributed by atoms with van der Waals surface area (Å²) in [7, 11) is -3.96. The van der Waals surface area contributed by atoms with Gasteiger partial charge in [-0.2, -0.15) is 13.1 Å². The van der Waals surface area contributed by atoms with Gasteiger partial charge in [0.1, 0.15) is 0 Å². The van der Waals surface area contributed by atoms with Gasteiger partial charge < -0.3 is 9.84 Å². The van der Waals surface area contributed by atoms with Gasteiger partial charge in [-0.05, 0) is 26.7 Å². The van der Waals surface area contributed by atoms with Gasteiger partial charge in [-0.1, -0.05) is 19.3 Å². The second kappa shape index (κ2) is 7.24. The van der Waals surface area contributed by atoms with Crippen LogP contribution in [-0.2, 0) is 14.9 Å². The van der Waals surface area contributed by atoms with Crippen molar-refractivity contribution in [1.82, 2.24) is 9.44 Å². The third-order valence-electron chi connectivity index (χ3n) is 3.45. The Hall–Kier alpha value is -0.860. The highest BCUT2D eigenvalue weighted by Gasteiger charge is 2.33. The molecule has 0 aromatic carbocycles. The van der Waals surface area contributed by atoms with Crippen LogP contribution >= 0.6 is 0 Å². The molecule has 0 unspecified atom stereocenters. The number of hydrogen-bond donors (Lipinski definition) is 3. The van der Waals surface area contributed by atoms with E-state index in [1.807, 2.05) is 0 Å². The molecule has 1 aliphatic rings. The lowest BCUT2D eigenvalue weighted by Gasteiger charge is -2.35. The summed E-state index contributed by atoms with van der Waals surface area (Å²) in [6.45, 7) is 3.31. The van der Waals surface area contributed by atoms with Crippen molar-refractivity contribution in [2.24, 2.45) is 5.41 Å². The quantitative estimate of drug-likeness (QED) is 0.676. The summed E-state index contributed by atoms with van der Waals surface area (Å²) in [4.78, 5) is 11.3. The first-order chi connectivity index (χ1) is 9.29. The minimum absolute atomic E-state index is 0.0635. The van der Waals surface area contributed by atoms with Gasteiger partial charge in [-0.15, -0.1) is 0 Å². The monoisotopic (exact) mass is 308 g/mol. The zero-order chi connectivity index (χ0) is 15.2. The molecule has 8 heteroatoms. The summed E-state index contributed by atoms with van der Waals surface area (Å²) < 4.78 is 32.3. The molecule has 1 aliphatic carbocycles. The number of aliphatic hydroxyl groups is 1. The van der Waals surface area contributed by atoms with Crippen LogP contribution in [0.1, 0.15) is 46.0 Å². The molecule has 0 saturated heterocycles. The zero-order valence-corrected chi connectivity index (χ0v) is 12.8. The van der Waals surface area contributed by atoms with Gasteiger partial charge in [0.2, 0.25) is 0 Å². The van der Waals surface area contributed by atoms with Gasteiger partial charge in [0.15, 0.2) is 0 Å². The van der Waals surface area contributed by atoms with Gasteiger partial charge >= 0.3 is 16.3 Å². The normalized spacial score (nSPS) is 18.8. The average Bonchev–Trinajstić information content (AvgIpc) is 2.36. The molecule has 0 aromatic rings. The van der Waals surface area contributed by atoms with Crippen LogP contribution in [0.25, 0.3) is 0 Å². The van der Waals surface area contributed by atoms with E-state index in [4.69, 9.17) is 4.74 Å². The maximum absolute atomic E-state index is 11.7. The number of carbonyl (C=O) groups is 1. The van der Waals surface area contributed by atoms with Crippen molar-refractivity contribution < 1.29 is 23.1 Å². The third-order valence-corrected chi connectivity index (χ3v) is 4.41. The molecule has 7 nitrogen and oxygen atoms in total. The molecule has 118 valence electrons. The fraction of sp³-hybridized carbons (Fsp3) is 0.917. The van der Waals surface area contributed by atoms with Crippen molar-refractivity contribution in [3.63, 3.8) is 0 Å². The number of carbonyl (C=O) groups excluding carboxylic acids is 1. The largest absolute Gasteiger partial charge is 0.446 e. The Balaban J connectivity index is 2.51. The Morgan fingerprint density at radius 1 is 1.30 bits per heavy atom. The molecule has 0 aromatic heterocycles. The van der Waals surface area contributed by atoms with Crippen molar-refractivity contribution in [3.8, 4) is 0 Å². The molecule has 3 N–H and O–H groups in total. The summed E-state index contributed by atoms with van der Waals surface area (Å²) in [5, 5.41) is 9.49. The van der Waals surface area contributed by atoms with Crippen molar-refractivity contribution in [1.29, 1.82) is 0 Å². The molecule has 0 spiro atoms. The Kier molecular flexibility index (Phi) is 6.22. The maximum Gasteiger partial charge on any atom is 0.422 e. The Morgan fingerprint density at radius 3 is 2.40 bits per heavy atom. The molecule has 1 saturated carbocycles. The van der Waals surface area contributed by atoms with E-state index in [1.54, 1.807) is 18.6 Å². The standard InChI is InChI=1S/C12H24N2O5S/c1-10(2)19-11(16)14-20(17,18)13-8-12(9-15)6-4-3-5-7-12/h10,13,15H,3-9H2,1-2H3,(H,14,16). The minimum atomic E-state index is -3.96. The fourth-order valence-electron chi connectivity index (χ4n) is 2.32. The average molecular weight is 308 g/mol. The van der Waals surface area contributed by atoms with E-state index >= 15 is 0 Å². The maximum atomic E-state index is 11.7. The van der Waals surface area contributed by atoms with Crippen LogP contribution in [0.15, 0.2) is 0 Å². The molecule has 0 bridgehead atoms. The highest BCUT2D eigenvalue weighted by Crippen LogP contribution is 2.35. The van der Waals surface area contributed by atoms with Crippen LogP contribution in [0, 0.1) is 5.41 Å². The molecule has 0 radical (unpaired) electrons. The predicted molar refractivity (Wildman–Crippen MR) is 74.3 cm³/mol. The highest BCUT2D eigenvalue weighted by molar-refractivity contribution is 7.88. The number of amides is 1. The lowest BCUT2D eigenvalue weighted by atomic mass is 9.75. The Labute approximate surface area is 120 Å². The topological polar surface area (TPSA) is 105 Å². The van der Waals surface area contributed by atoms with Crippen LogP contribution < -0.4 is 9.44 Å². The number of nitrogens with one attached hydrogen (secondary N) is 2. The molecule has 0 heterocycles. The third kappa shape index (κ3) is 5.64. The van der Waals surface area contributed by atoms with E-state index in [0.717, 1.165) is 32.1 Å². The first kappa shape index (κ1) is 17.2. The SMILES string of the molecule is CC(C)OC(=O)NS(=O)(=O)NCC1(CO)CCCCC1. The van der Waals surface area contributed by atoms with Gasteiger partial charge in [-0.3, -0.25) is 0 Å². The second-order valence-electron chi connectivity index (χ2n) is 5.60. The van der Waals surface area contributed by atoms with Crippen LogP contribution in [-0.4, -0.2) is 38.9 Å². The van der Waals surface area contributed by atoms with Crippen LogP contribution in [0.4, 0.5) is 4.79 Å². The van der Waals surface area contributed by atoms with E-state index in [-0.39, 0.29) is 13.2 Å². The number of ether oxygens (including phenoxy) is 1. The first-order valence-corrected chi connectivity index (χ1v) is 8.36. The zero-order valence-electron chi connectivity index (χ0n) is 12.0. The summed E-state index contributed by atoms with van der Waals surface area (Å²) in [5.74, 6) is 0. The summed E-state index contributed by atoms with van der Waals surface area (Å²) in [6.07, 6.45) is 3.22. The van der Waals surface area contributed by atoms with Crippen LogP contribution in [0.2, 0.25) is 0 Å². The molecule has 0 aliphatic heterocycles. The van der Waals surface area contributed by atoms with Crippen molar-refractivity contribution in [2.45, 2.75) is 52.1 Å². The fourth-order valence-corrected chi connectivity index (χ4v) is 3.16. The van der Waals surface area contributed by atoms with E-state index in [2.05, 4.69) is 4.72 Å². The van der Waals surface area contributed by atoms with Gasteiger partial charge in [0.05, 0.1) is 6.10 Å². The number of aliphatic hydroxyl groups excluding tert-OH is 1. The lowest BCUT2D eigenvalue weighted by molar-refractivity contribution is 0.0865. The number of hydrogen-bond acceptors (Lipinski definition) is 5. The van der Waals surface area contributed by atoms with Crippen LogP contribution in [0.3, 0.4) is 0 Å². The molecule has 1 fully saturated rings. The predicted octanol–water partition coefficient (Wildman–Crippen LogP) is 0.898. The minimum Gasteiger partial charge on any atom is -0.446 e. The van der Waals surface area contributed by atoms with Crippen LogP contribution in [0.5, 0.6) is 0 Å².